The van der Waals surface area contributed by atoms with Crippen LogP contribution in [0, 0.1) is 5.82 Å². The summed E-state index contributed by atoms with van der Waals surface area (Å²) in [5, 5.41) is 5.94. The molecule has 2 rings (SSSR count). The first-order chi connectivity index (χ1) is 8.79. The number of rotatable bonds is 5. The Balaban J connectivity index is 2.16. The molecule has 1 heterocycles. The average molecular weight is 246 g/mol. The van der Waals surface area contributed by atoms with E-state index in [0.717, 1.165) is 24.8 Å². The molecule has 0 amide bonds. The normalized spacial score (nSPS) is 10.1. The second-order valence-corrected chi connectivity index (χ2v) is 3.81. The van der Waals surface area contributed by atoms with Crippen LogP contribution in [0.3, 0.4) is 0 Å². The van der Waals surface area contributed by atoms with Gasteiger partial charge in [0.05, 0.1) is 6.20 Å². The lowest BCUT2D eigenvalue weighted by atomic mass is 10.3. The van der Waals surface area contributed by atoms with Gasteiger partial charge in [-0.1, -0.05) is 25.1 Å². The molecule has 0 aliphatic carbocycles. The van der Waals surface area contributed by atoms with Crippen molar-refractivity contribution < 1.29 is 4.39 Å². The van der Waals surface area contributed by atoms with Crippen LogP contribution in [0.25, 0.3) is 0 Å². The lowest BCUT2D eigenvalue weighted by Gasteiger charge is -2.08. The van der Waals surface area contributed by atoms with Gasteiger partial charge in [-0.2, -0.15) is 4.98 Å². The minimum absolute atomic E-state index is 0.176. The number of nitrogens with one attached hydrogen (secondary N) is 2. The number of para-hydroxylation sites is 1. The third-order valence-electron chi connectivity index (χ3n) is 2.31. The fraction of sp³-hybridized carbons (Fsp3) is 0.231. The van der Waals surface area contributed by atoms with E-state index in [9.17, 15) is 4.39 Å². The molecule has 0 spiro atoms. The Kier molecular flexibility index (Phi) is 4.06. The highest BCUT2D eigenvalue weighted by Gasteiger charge is 2.06. The number of benzene rings is 1. The SMILES string of the molecule is CCCNc1ncc(F)c(Nc2ccccc2)n1. The molecule has 2 N–H and O–H groups in total. The molecule has 0 aliphatic heterocycles. The van der Waals surface area contributed by atoms with Gasteiger partial charge in [0.15, 0.2) is 11.6 Å². The number of nitrogens with zero attached hydrogens (tertiary/aromatic N) is 2. The fourth-order valence-corrected chi connectivity index (χ4v) is 1.43. The number of hydrogen-bond acceptors (Lipinski definition) is 4. The zero-order valence-corrected chi connectivity index (χ0v) is 10.2. The molecule has 2 aromatic rings. The van der Waals surface area contributed by atoms with Gasteiger partial charge in [-0.15, -0.1) is 0 Å². The Morgan fingerprint density at radius 1 is 1.22 bits per heavy atom. The molecule has 0 saturated carbocycles. The number of anilines is 3. The van der Waals surface area contributed by atoms with Crippen LogP contribution < -0.4 is 10.6 Å². The molecule has 1 aromatic heterocycles. The van der Waals surface area contributed by atoms with Crippen molar-refractivity contribution in [3.05, 3.63) is 42.3 Å². The number of hydrogen-bond donors (Lipinski definition) is 2. The Morgan fingerprint density at radius 3 is 2.72 bits per heavy atom. The third kappa shape index (κ3) is 3.16. The van der Waals surface area contributed by atoms with Crippen LogP contribution in [0.1, 0.15) is 13.3 Å². The van der Waals surface area contributed by atoms with Crippen LogP contribution in [-0.4, -0.2) is 16.5 Å². The van der Waals surface area contributed by atoms with Crippen molar-refractivity contribution in [1.29, 1.82) is 0 Å². The Morgan fingerprint density at radius 2 is 2.00 bits per heavy atom. The molecule has 1 aromatic carbocycles. The van der Waals surface area contributed by atoms with Crippen molar-refractivity contribution >= 4 is 17.5 Å². The van der Waals surface area contributed by atoms with Crippen LogP contribution in [0.2, 0.25) is 0 Å². The van der Waals surface area contributed by atoms with Crippen molar-refractivity contribution in [3.63, 3.8) is 0 Å². The van der Waals surface area contributed by atoms with Gasteiger partial charge in [-0.05, 0) is 18.6 Å². The van der Waals surface area contributed by atoms with Crippen molar-refractivity contribution in [2.75, 3.05) is 17.2 Å². The minimum atomic E-state index is -0.471. The molecule has 0 saturated heterocycles. The fourth-order valence-electron chi connectivity index (χ4n) is 1.43. The largest absolute Gasteiger partial charge is 0.354 e. The maximum absolute atomic E-state index is 13.6. The zero-order chi connectivity index (χ0) is 12.8. The highest BCUT2D eigenvalue weighted by Crippen LogP contribution is 2.17. The molecule has 0 unspecified atom stereocenters. The van der Waals surface area contributed by atoms with Gasteiger partial charge in [0.2, 0.25) is 5.95 Å². The van der Waals surface area contributed by atoms with E-state index in [2.05, 4.69) is 20.6 Å². The summed E-state index contributed by atoms with van der Waals surface area (Å²) in [6.45, 7) is 2.80. The van der Waals surface area contributed by atoms with Crippen LogP contribution in [0.4, 0.5) is 21.8 Å². The molecule has 0 bridgehead atoms. The summed E-state index contributed by atoms with van der Waals surface area (Å²) < 4.78 is 13.6. The standard InChI is InChI=1S/C13H15FN4/c1-2-8-15-13-16-9-11(14)12(18-13)17-10-6-4-3-5-7-10/h3-7,9H,2,8H2,1H3,(H2,15,16,17,18). The zero-order valence-electron chi connectivity index (χ0n) is 10.2. The predicted molar refractivity (Wildman–Crippen MR) is 70.5 cm³/mol. The van der Waals surface area contributed by atoms with Crippen LogP contribution in [-0.2, 0) is 0 Å². The smallest absolute Gasteiger partial charge is 0.224 e. The summed E-state index contributed by atoms with van der Waals surface area (Å²) in [5.74, 6) is 0.132. The molecule has 5 heteroatoms. The first-order valence-corrected chi connectivity index (χ1v) is 5.88. The van der Waals surface area contributed by atoms with Crippen molar-refractivity contribution in [2.24, 2.45) is 0 Å². The van der Waals surface area contributed by atoms with Gasteiger partial charge in [0.1, 0.15) is 0 Å². The van der Waals surface area contributed by atoms with Crippen molar-refractivity contribution in [2.45, 2.75) is 13.3 Å². The first kappa shape index (κ1) is 12.3. The van der Waals surface area contributed by atoms with E-state index < -0.39 is 5.82 Å². The Bertz CT molecular complexity index is 502. The Labute approximate surface area is 105 Å². The van der Waals surface area contributed by atoms with Gasteiger partial charge in [0, 0.05) is 12.2 Å². The van der Waals surface area contributed by atoms with Crippen LogP contribution >= 0.6 is 0 Å². The maximum atomic E-state index is 13.6. The van der Waals surface area contributed by atoms with Gasteiger partial charge >= 0.3 is 0 Å². The van der Waals surface area contributed by atoms with E-state index in [4.69, 9.17) is 0 Å². The molecule has 94 valence electrons. The molecule has 0 radical (unpaired) electrons. The highest BCUT2D eigenvalue weighted by atomic mass is 19.1. The summed E-state index contributed by atoms with van der Waals surface area (Å²) >= 11 is 0. The first-order valence-electron chi connectivity index (χ1n) is 5.88. The third-order valence-corrected chi connectivity index (χ3v) is 2.31. The lowest BCUT2D eigenvalue weighted by Crippen LogP contribution is -2.07. The molecule has 0 aliphatic rings. The summed E-state index contributed by atoms with van der Waals surface area (Å²) in [4.78, 5) is 7.98. The van der Waals surface area contributed by atoms with E-state index in [0.29, 0.717) is 5.95 Å². The topological polar surface area (TPSA) is 49.8 Å². The van der Waals surface area contributed by atoms with E-state index >= 15 is 0 Å². The van der Waals surface area contributed by atoms with Crippen molar-refractivity contribution in [1.82, 2.24) is 9.97 Å². The summed E-state index contributed by atoms with van der Waals surface area (Å²) in [7, 11) is 0. The second-order valence-electron chi connectivity index (χ2n) is 3.81. The molecule has 0 atom stereocenters. The van der Waals surface area contributed by atoms with Gasteiger partial charge < -0.3 is 10.6 Å². The highest BCUT2D eigenvalue weighted by molar-refractivity contribution is 5.57. The summed E-state index contributed by atoms with van der Waals surface area (Å²) in [6.07, 6.45) is 2.12. The number of aromatic nitrogens is 2. The van der Waals surface area contributed by atoms with Gasteiger partial charge in [-0.3, -0.25) is 0 Å². The molecular weight excluding hydrogens is 231 g/mol. The summed E-state index contributed by atoms with van der Waals surface area (Å²) in [6, 6.07) is 9.34. The van der Waals surface area contributed by atoms with E-state index in [1.54, 1.807) is 0 Å². The van der Waals surface area contributed by atoms with Crippen molar-refractivity contribution in [3.8, 4) is 0 Å². The van der Waals surface area contributed by atoms with E-state index in [1.807, 2.05) is 37.3 Å². The quantitative estimate of drug-likeness (QED) is 0.850. The summed E-state index contributed by atoms with van der Waals surface area (Å²) in [5.41, 5.74) is 0.788. The lowest BCUT2D eigenvalue weighted by molar-refractivity contribution is 0.619. The second kappa shape index (κ2) is 5.95. The Hall–Kier alpha value is -2.17. The van der Waals surface area contributed by atoms with E-state index in [-0.39, 0.29) is 5.82 Å². The van der Waals surface area contributed by atoms with Gasteiger partial charge in [-0.25, -0.2) is 9.37 Å². The number of halogens is 1. The van der Waals surface area contributed by atoms with Crippen LogP contribution in [0.5, 0.6) is 0 Å². The van der Waals surface area contributed by atoms with Crippen LogP contribution in [0.15, 0.2) is 36.5 Å². The van der Waals surface area contributed by atoms with Gasteiger partial charge in [0.25, 0.3) is 0 Å². The molecular formula is C13H15FN4. The molecule has 0 fully saturated rings. The maximum Gasteiger partial charge on any atom is 0.224 e. The predicted octanol–water partition coefficient (Wildman–Crippen LogP) is 3.18. The molecule has 18 heavy (non-hydrogen) atoms. The minimum Gasteiger partial charge on any atom is -0.354 e. The average Bonchev–Trinajstić information content (AvgIpc) is 2.41. The molecule has 4 nitrogen and oxygen atoms in total. The van der Waals surface area contributed by atoms with E-state index in [1.165, 1.54) is 0 Å². The monoisotopic (exact) mass is 246 g/mol.